The molecule has 0 bridgehead atoms. The maximum absolute atomic E-state index is 13.7. The number of urea groups is 1. The molecule has 4 amide bonds. The maximum Gasteiger partial charge on any atom is 0.328 e. The number of ether oxygens (including phenoxy) is 1. The van der Waals surface area contributed by atoms with Crippen molar-refractivity contribution < 1.29 is 24.2 Å². The van der Waals surface area contributed by atoms with Gasteiger partial charge in [-0.05, 0) is 93.5 Å². The molecule has 0 spiro atoms. The number of fused-ring (bicyclic) bond motifs is 1. The number of morpholine rings is 1. The Balaban J connectivity index is 0.764. The minimum absolute atomic E-state index is 0.00717. The highest BCUT2D eigenvalue weighted by atomic mass is 16.5. The van der Waals surface area contributed by atoms with Crippen LogP contribution < -0.4 is 20.9 Å². The number of nitrogens with zero attached hydrogens (tertiary/aromatic N) is 8. The summed E-state index contributed by atoms with van der Waals surface area (Å²) in [5, 5.41) is 22.3. The van der Waals surface area contributed by atoms with Crippen LogP contribution in [-0.2, 0) is 9.53 Å². The van der Waals surface area contributed by atoms with Crippen LogP contribution in [0.4, 0.5) is 22.0 Å². The van der Waals surface area contributed by atoms with Gasteiger partial charge >= 0.3 is 6.03 Å². The average molecular weight is 813 g/mol. The molecule has 9 rings (SSSR count). The number of amides is 4. The number of aromatic hydroxyl groups is 1. The van der Waals surface area contributed by atoms with Crippen molar-refractivity contribution in [2.24, 2.45) is 5.92 Å². The number of carbonyl (C=O) groups excluding carboxylic acids is 3. The summed E-state index contributed by atoms with van der Waals surface area (Å²) < 4.78 is 8.76. The van der Waals surface area contributed by atoms with Gasteiger partial charge < -0.3 is 34.8 Å². The molecule has 15 nitrogen and oxygen atoms in total. The number of nitrogen functional groups attached to an aromatic ring is 1. The molecule has 60 heavy (non-hydrogen) atoms. The van der Waals surface area contributed by atoms with Crippen LogP contribution in [-0.4, -0.2) is 110 Å². The molecular formula is C45H52N10O5. The van der Waals surface area contributed by atoms with Crippen LogP contribution in [0.2, 0.25) is 0 Å². The molecule has 0 aliphatic carbocycles. The van der Waals surface area contributed by atoms with Crippen molar-refractivity contribution in [3.05, 3.63) is 90.3 Å². The first-order valence-corrected chi connectivity index (χ1v) is 21.1. The lowest BCUT2D eigenvalue weighted by Gasteiger charge is -2.43. The molecule has 15 heteroatoms. The highest BCUT2D eigenvalue weighted by Crippen LogP contribution is 2.37. The number of rotatable bonds is 8. The van der Waals surface area contributed by atoms with Crippen LogP contribution in [0.1, 0.15) is 74.0 Å². The number of imide groups is 1. The van der Waals surface area contributed by atoms with E-state index >= 15 is 0 Å². The summed E-state index contributed by atoms with van der Waals surface area (Å²) in [6.45, 7) is 9.62. The first kappa shape index (κ1) is 39.4. The van der Waals surface area contributed by atoms with Crippen molar-refractivity contribution in [3.63, 3.8) is 0 Å². The predicted octanol–water partition coefficient (Wildman–Crippen LogP) is 5.77. The Morgan fingerprint density at radius 1 is 0.933 bits per heavy atom. The molecule has 4 N–H and O–H groups in total. The summed E-state index contributed by atoms with van der Waals surface area (Å²) in [4.78, 5) is 50.7. The summed E-state index contributed by atoms with van der Waals surface area (Å²) >= 11 is 0. The van der Waals surface area contributed by atoms with Gasteiger partial charge in [0.1, 0.15) is 17.5 Å². The number of nitrogens with one attached hydrogen (secondary N) is 1. The third-order valence-electron chi connectivity index (χ3n) is 13.0. The lowest BCUT2D eigenvalue weighted by Crippen LogP contribution is -2.50. The summed E-state index contributed by atoms with van der Waals surface area (Å²) in [6, 6.07) is 20.8. The number of phenolic OH excluding ortho intramolecular Hbond substituents is 1. The quantitative estimate of drug-likeness (QED) is 0.174. The third-order valence-corrected chi connectivity index (χ3v) is 13.0. The summed E-state index contributed by atoms with van der Waals surface area (Å²) in [5.41, 5.74) is 11.5. The maximum atomic E-state index is 13.7. The first-order valence-electron chi connectivity index (χ1n) is 21.1. The Labute approximate surface area is 349 Å². The first-order chi connectivity index (χ1) is 29.1. The monoisotopic (exact) mass is 812 g/mol. The number of carbonyl (C=O) groups is 3. The molecule has 4 fully saturated rings. The molecule has 4 aliphatic heterocycles. The average Bonchev–Trinajstić information content (AvgIpc) is 3.69. The van der Waals surface area contributed by atoms with Crippen LogP contribution in [0.3, 0.4) is 0 Å². The van der Waals surface area contributed by atoms with Crippen LogP contribution in [0.25, 0.3) is 22.3 Å². The number of pyridine rings is 1. The van der Waals surface area contributed by atoms with Crippen molar-refractivity contribution >= 4 is 46.1 Å². The number of hydrogen-bond donors (Lipinski definition) is 3. The number of likely N-dealkylation sites (tertiary alicyclic amines) is 2. The SMILES string of the molecule is C[C@@H]1O[C@H](c2ccc(C(=O)N3CCC(CN4CCC(n5ccc6cc(N7CCC(=O)NC7=O)cnc65)CC4)CC3)cc2)CN(c2cc(-c3ccccc3O)nnc2N)[C@@H]1C. The lowest BCUT2D eigenvalue weighted by atomic mass is 9.94. The van der Waals surface area contributed by atoms with Gasteiger partial charge in [0.2, 0.25) is 5.91 Å². The zero-order chi connectivity index (χ0) is 41.5. The van der Waals surface area contributed by atoms with Gasteiger partial charge in [-0.25, -0.2) is 9.78 Å². The van der Waals surface area contributed by atoms with E-state index in [1.54, 1.807) is 29.3 Å². The molecule has 2 aromatic carbocycles. The molecule has 0 unspecified atom stereocenters. The molecule has 0 saturated carbocycles. The zero-order valence-corrected chi connectivity index (χ0v) is 34.1. The van der Waals surface area contributed by atoms with E-state index in [-0.39, 0.29) is 42.2 Å². The van der Waals surface area contributed by atoms with E-state index in [9.17, 15) is 19.5 Å². The fraction of sp³-hybridized carbons (Fsp3) is 0.422. The molecule has 4 aliphatic rings. The van der Waals surface area contributed by atoms with Gasteiger partial charge in [-0.1, -0.05) is 24.3 Å². The van der Waals surface area contributed by atoms with Crippen molar-refractivity contribution in [1.82, 2.24) is 34.9 Å². The van der Waals surface area contributed by atoms with Gasteiger partial charge in [0.15, 0.2) is 5.82 Å². The molecule has 7 heterocycles. The zero-order valence-electron chi connectivity index (χ0n) is 34.1. The predicted molar refractivity (Wildman–Crippen MR) is 229 cm³/mol. The summed E-state index contributed by atoms with van der Waals surface area (Å²) in [7, 11) is 0. The molecule has 4 saturated heterocycles. The van der Waals surface area contributed by atoms with Gasteiger partial charge in [0.05, 0.1) is 35.4 Å². The second kappa shape index (κ2) is 16.5. The highest BCUT2D eigenvalue weighted by molar-refractivity contribution is 6.06. The Bertz CT molecular complexity index is 2390. The van der Waals surface area contributed by atoms with E-state index in [1.807, 2.05) is 54.3 Å². The number of hydrogen-bond acceptors (Lipinski definition) is 11. The number of nitrogens with two attached hydrogens (primary N) is 1. The van der Waals surface area contributed by atoms with E-state index in [2.05, 4.69) is 49.1 Å². The Morgan fingerprint density at radius 2 is 1.70 bits per heavy atom. The molecule has 312 valence electrons. The van der Waals surface area contributed by atoms with Crippen LogP contribution in [0, 0.1) is 5.92 Å². The summed E-state index contributed by atoms with van der Waals surface area (Å²) in [5.74, 6) is 0.809. The van der Waals surface area contributed by atoms with Crippen molar-refractivity contribution in [1.29, 1.82) is 0 Å². The van der Waals surface area contributed by atoms with E-state index < -0.39 is 6.03 Å². The number of para-hydroxylation sites is 1. The third kappa shape index (κ3) is 7.86. The number of phenols is 1. The van der Waals surface area contributed by atoms with Crippen LogP contribution in [0.5, 0.6) is 5.75 Å². The highest BCUT2D eigenvalue weighted by Gasteiger charge is 2.35. The molecule has 3 atom stereocenters. The van der Waals surface area contributed by atoms with Gasteiger partial charge in [0.25, 0.3) is 5.91 Å². The molecule has 5 aromatic rings. The van der Waals surface area contributed by atoms with E-state index in [4.69, 9.17) is 15.5 Å². The Kier molecular flexibility index (Phi) is 10.9. The summed E-state index contributed by atoms with van der Waals surface area (Å²) in [6.07, 6.45) is 7.80. The number of piperidine rings is 2. The number of benzene rings is 2. The van der Waals surface area contributed by atoms with Crippen molar-refractivity contribution in [3.8, 4) is 17.0 Å². The van der Waals surface area contributed by atoms with Gasteiger partial charge in [-0.15, -0.1) is 10.2 Å². The van der Waals surface area contributed by atoms with E-state index in [1.165, 1.54) is 0 Å². The second-order valence-electron chi connectivity index (χ2n) is 16.7. The van der Waals surface area contributed by atoms with Gasteiger partial charge in [0, 0.05) is 81.0 Å². The largest absolute Gasteiger partial charge is 0.507 e. The smallest absolute Gasteiger partial charge is 0.328 e. The topological polar surface area (TPSA) is 175 Å². The molecular weight excluding hydrogens is 761 g/mol. The van der Waals surface area contributed by atoms with Gasteiger partial charge in [-0.2, -0.15) is 0 Å². The fourth-order valence-corrected chi connectivity index (χ4v) is 9.33. The molecule has 3 aromatic heterocycles. The standard InChI is InChI=1S/C45H52N10O5/c1-28-29(2)60-40(27-55(28)38-24-37(49-50-42(38)46)36-5-3-4-6-39(36)56)31-7-9-32(10-8-31)44(58)52-19-11-30(12-20-52)26-51-17-14-34(15-18-51)53-21-13-33-23-35(25-47-43(33)53)54-22-16-41(57)48-45(54)59/h3-10,13,21,23-25,28-30,34,40,56H,11-12,14-20,22,26-27H2,1-2H3,(H2,46,50)(H,48,57,59)/t28-,29+,40+/m1/s1. The Hall–Kier alpha value is -6.06. The lowest BCUT2D eigenvalue weighted by molar-refractivity contribution is -0.120. The van der Waals surface area contributed by atoms with Crippen molar-refractivity contribution in [2.75, 3.05) is 61.3 Å². The van der Waals surface area contributed by atoms with Crippen LogP contribution in [0.15, 0.2) is 79.1 Å². The Morgan fingerprint density at radius 3 is 2.45 bits per heavy atom. The second-order valence-corrected chi connectivity index (χ2v) is 16.7. The normalized spacial score (nSPS) is 22.4. The van der Waals surface area contributed by atoms with Crippen molar-refractivity contribution in [2.45, 2.75) is 70.2 Å². The van der Waals surface area contributed by atoms with Crippen LogP contribution >= 0.6 is 0 Å². The fourth-order valence-electron chi connectivity index (χ4n) is 9.33. The van der Waals surface area contributed by atoms with E-state index in [0.717, 1.165) is 80.7 Å². The van der Waals surface area contributed by atoms with E-state index in [0.29, 0.717) is 53.4 Å². The minimum Gasteiger partial charge on any atom is -0.507 e. The number of anilines is 3. The number of aromatic nitrogens is 4. The molecule has 0 radical (unpaired) electrons. The van der Waals surface area contributed by atoms with Gasteiger partial charge in [-0.3, -0.25) is 19.8 Å². The minimum atomic E-state index is -0.402.